The van der Waals surface area contributed by atoms with Gasteiger partial charge in [0, 0.05) is 5.33 Å². The molecule has 0 heterocycles. The zero-order valence-electron chi connectivity index (χ0n) is 15.3. The maximum Gasteiger partial charge on any atom is 0.334 e. The number of aliphatic carboxylic acids is 1. The van der Waals surface area contributed by atoms with E-state index < -0.39 is 24.1 Å². The Bertz CT molecular complexity index is 644. The van der Waals surface area contributed by atoms with Crippen molar-refractivity contribution in [3.8, 4) is 0 Å². The van der Waals surface area contributed by atoms with E-state index in [9.17, 15) is 9.59 Å². The van der Waals surface area contributed by atoms with Gasteiger partial charge in [0.15, 0.2) is 0 Å². The normalized spacial score (nSPS) is 11.6. The lowest BCUT2D eigenvalue weighted by molar-refractivity contribution is -0.153. The maximum atomic E-state index is 10.8. The van der Waals surface area contributed by atoms with Crippen LogP contribution < -0.4 is 0 Å². The van der Waals surface area contributed by atoms with E-state index in [0.717, 1.165) is 10.9 Å². The minimum absolute atomic E-state index is 0.213. The summed E-state index contributed by atoms with van der Waals surface area (Å²) < 4.78 is 4.80. The molecule has 0 amide bonds. The molecular weight excluding hydrogens is 416 g/mol. The van der Waals surface area contributed by atoms with Crippen molar-refractivity contribution in [1.29, 1.82) is 0 Å². The minimum atomic E-state index is -1.23. The maximum absolute atomic E-state index is 10.8. The van der Waals surface area contributed by atoms with Crippen LogP contribution in [-0.2, 0) is 26.3 Å². The molecular formula is C20H25BrO6. The quantitative estimate of drug-likeness (QED) is 0.487. The van der Waals surface area contributed by atoms with E-state index >= 15 is 0 Å². The zero-order chi connectivity index (χ0) is 20.7. The topological polar surface area (TPSA) is 104 Å². The Morgan fingerprint density at radius 2 is 1.30 bits per heavy atom. The zero-order valence-corrected chi connectivity index (χ0v) is 16.9. The van der Waals surface area contributed by atoms with Crippen molar-refractivity contribution < 1.29 is 29.6 Å². The Kier molecular flexibility index (Phi) is 13.7. The van der Waals surface area contributed by atoms with Crippen LogP contribution in [0.25, 0.3) is 0 Å². The van der Waals surface area contributed by atoms with Gasteiger partial charge >= 0.3 is 11.9 Å². The summed E-state index contributed by atoms with van der Waals surface area (Å²) >= 11 is 3.36. The van der Waals surface area contributed by atoms with Gasteiger partial charge in [-0.05, 0) is 25.0 Å². The van der Waals surface area contributed by atoms with Crippen LogP contribution in [0.5, 0.6) is 0 Å². The van der Waals surface area contributed by atoms with Crippen molar-refractivity contribution in [3.05, 3.63) is 71.8 Å². The molecule has 7 heteroatoms. The van der Waals surface area contributed by atoms with Gasteiger partial charge in [-0.3, -0.25) is 0 Å². The van der Waals surface area contributed by atoms with Gasteiger partial charge < -0.3 is 20.1 Å². The fourth-order valence-corrected chi connectivity index (χ4v) is 1.79. The molecule has 0 fully saturated rings. The van der Waals surface area contributed by atoms with E-state index in [1.165, 1.54) is 19.4 Å². The Hall–Kier alpha value is -2.22. The number of rotatable bonds is 5. The molecule has 2 aromatic rings. The summed E-state index contributed by atoms with van der Waals surface area (Å²) in [5.74, 6) is -1.78. The molecule has 0 saturated heterocycles. The van der Waals surface area contributed by atoms with Gasteiger partial charge in [-0.15, -0.1) is 0 Å². The van der Waals surface area contributed by atoms with Crippen LogP contribution >= 0.6 is 15.9 Å². The summed E-state index contributed by atoms with van der Waals surface area (Å²) in [4.78, 5) is 20.3. The highest BCUT2D eigenvalue weighted by molar-refractivity contribution is 9.08. The van der Waals surface area contributed by atoms with E-state index in [0.29, 0.717) is 0 Å². The SMILES string of the molecule is BrCc1ccccc1.CC(O)C(=O)O.CC(O)C(=O)OCc1ccccc1. The number of carboxylic acids is 1. The summed E-state index contributed by atoms with van der Waals surface area (Å²) in [7, 11) is 0. The predicted octanol–water partition coefficient (Wildman–Crippen LogP) is 3.14. The summed E-state index contributed by atoms with van der Waals surface area (Å²) in [6.07, 6.45) is -2.28. The summed E-state index contributed by atoms with van der Waals surface area (Å²) in [6, 6.07) is 19.6. The molecule has 27 heavy (non-hydrogen) atoms. The highest BCUT2D eigenvalue weighted by Gasteiger charge is 2.09. The van der Waals surface area contributed by atoms with Gasteiger partial charge in [0.2, 0.25) is 0 Å². The second kappa shape index (κ2) is 14.9. The molecule has 6 nitrogen and oxygen atoms in total. The largest absolute Gasteiger partial charge is 0.479 e. The molecule has 0 aromatic heterocycles. The monoisotopic (exact) mass is 440 g/mol. The number of carbonyl (C=O) groups excluding carboxylic acids is 1. The molecule has 2 atom stereocenters. The van der Waals surface area contributed by atoms with Crippen LogP contribution in [0, 0.1) is 0 Å². The van der Waals surface area contributed by atoms with Crippen molar-refractivity contribution in [1.82, 2.24) is 0 Å². The molecule has 148 valence electrons. The van der Waals surface area contributed by atoms with E-state index in [1.54, 1.807) is 0 Å². The Balaban J connectivity index is 0.000000413. The summed E-state index contributed by atoms with van der Waals surface area (Å²) in [5, 5.41) is 25.5. The third kappa shape index (κ3) is 13.6. The van der Waals surface area contributed by atoms with Crippen LogP contribution in [0.15, 0.2) is 60.7 Å². The molecule has 0 aliphatic rings. The summed E-state index contributed by atoms with van der Waals surface area (Å²) in [6.45, 7) is 2.79. The highest BCUT2D eigenvalue weighted by atomic mass is 79.9. The average Bonchev–Trinajstić information content (AvgIpc) is 2.68. The third-order valence-electron chi connectivity index (χ3n) is 2.92. The number of hydrogen-bond acceptors (Lipinski definition) is 5. The number of halogens is 1. The predicted molar refractivity (Wildman–Crippen MR) is 106 cm³/mol. The number of aliphatic hydroxyl groups excluding tert-OH is 2. The number of carbonyl (C=O) groups is 2. The van der Waals surface area contributed by atoms with Crippen molar-refractivity contribution in [2.45, 2.75) is 38.0 Å². The molecule has 3 N–H and O–H groups in total. The van der Waals surface area contributed by atoms with E-state index in [4.69, 9.17) is 20.1 Å². The number of aliphatic hydroxyl groups is 2. The average molecular weight is 441 g/mol. The first-order chi connectivity index (χ1) is 12.8. The smallest absolute Gasteiger partial charge is 0.334 e. The van der Waals surface area contributed by atoms with Gasteiger partial charge in [-0.25, -0.2) is 9.59 Å². The molecule has 2 unspecified atom stereocenters. The van der Waals surface area contributed by atoms with Crippen molar-refractivity contribution >= 4 is 27.9 Å². The second-order valence-corrected chi connectivity index (χ2v) is 5.96. The number of ether oxygens (including phenoxy) is 1. The minimum Gasteiger partial charge on any atom is -0.479 e. The summed E-state index contributed by atoms with van der Waals surface area (Å²) in [5.41, 5.74) is 2.24. The van der Waals surface area contributed by atoms with E-state index in [-0.39, 0.29) is 6.61 Å². The van der Waals surface area contributed by atoms with Crippen molar-refractivity contribution in [2.24, 2.45) is 0 Å². The molecule has 0 aliphatic heterocycles. The van der Waals surface area contributed by atoms with Crippen LogP contribution in [0.3, 0.4) is 0 Å². The third-order valence-corrected chi connectivity index (χ3v) is 3.57. The van der Waals surface area contributed by atoms with Crippen LogP contribution in [0.1, 0.15) is 25.0 Å². The lowest BCUT2D eigenvalue weighted by atomic mass is 10.2. The Morgan fingerprint density at radius 1 is 0.889 bits per heavy atom. The van der Waals surface area contributed by atoms with Gasteiger partial charge in [0.05, 0.1) is 0 Å². The molecule has 0 spiro atoms. The van der Waals surface area contributed by atoms with Crippen LogP contribution in [0.4, 0.5) is 0 Å². The first-order valence-corrected chi connectivity index (χ1v) is 9.29. The van der Waals surface area contributed by atoms with Crippen molar-refractivity contribution in [3.63, 3.8) is 0 Å². The van der Waals surface area contributed by atoms with Crippen LogP contribution in [0.2, 0.25) is 0 Å². The van der Waals surface area contributed by atoms with Crippen LogP contribution in [-0.4, -0.2) is 39.5 Å². The molecule has 2 rings (SSSR count). The number of carboxylic acid groups (broad SMARTS) is 1. The van der Waals surface area contributed by atoms with Gasteiger partial charge in [-0.2, -0.15) is 0 Å². The number of benzene rings is 2. The van der Waals surface area contributed by atoms with Crippen molar-refractivity contribution in [2.75, 3.05) is 0 Å². The fraction of sp³-hybridized carbons (Fsp3) is 0.300. The standard InChI is InChI=1S/C10H12O3.C7H7Br.C3H6O3/c1-8(11)10(12)13-7-9-5-3-2-4-6-9;8-6-7-4-2-1-3-5-7;1-2(4)3(5)6/h2-6,8,11H,7H2,1H3;1-5H,6H2;2,4H,1H3,(H,5,6). The van der Waals surface area contributed by atoms with E-state index in [2.05, 4.69) is 28.1 Å². The number of hydrogen-bond donors (Lipinski definition) is 3. The molecule has 0 aliphatic carbocycles. The Labute approximate surface area is 167 Å². The molecule has 2 aromatic carbocycles. The van der Waals surface area contributed by atoms with Gasteiger partial charge in [0.1, 0.15) is 18.8 Å². The van der Waals surface area contributed by atoms with Gasteiger partial charge in [-0.1, -0.05) is 76.6 Å². The first-order valence-electron chi connectivity index (χ1n) is 8.17. The fourth-order valence-electron chi connectivity index (χ4n) is 1.42. The number of esters is 1. The molecule has 0 radical (unpaired) electrons. The molecule has 0 bridgehead atoms. The Morgan fingerprint density at radius 3 is 1.59 bits per heavy atom. The number of alkyl halides is 1. The van der Waals surface area contributed by atoms with E-state index in [1.807, 2.05) is 48.5 Å². The lowest BCUT2D eigenvalue weighted by Gasteiger charge is -2.05. The highest BCUT2D eigenvalue weighted by Crippen LogP contribution is 2.02. The lowest BCUT2D eigenvalue weighted by Crippen LogP contribution is -2.18. The first kappa shape index (κ1) is 24.8. The second-order valence-electron chi connectivity index (χ2n) is 5.40. The molecule has 0 saturated carbocycles. The van der Waals surface area contributed by atoms with Gasteiger partial charge in [0.25, 0.3) is 0 Å².